The molecule has 0 radical (unpaired) electrons. The average molecular weight is 581 g/mol. The molecule has 8 heteroatoms. The van der Waals surface area contributed by atoms with Gasteiger partial charge >= 0.3 is 0 Å². The molecule has 1 N–H and O–H groups in total. The van der Waals surface area contributed by atoms with Crippen molar-refractivity contribution in [2.24, 2.45) is 7.05 Å². The maximum Gasteiger partial charge on any atom is 0.274 e. The van der Waals surface area contributed by atoms with E-state index in [1.165, 1.54) is 48.2 Å². The SMILES string of the molecule is CCc1c(-c2cc(Nc3ccc(C4CN(CC)C4)cn3)c(=O)n(C)c2)cc(F)cc1N1CCn2c(cc3c2CCCC3)C1. The van der Waals surface area contributed by atoms with E-state index >= 15 is 4.39 Å². The van der Waals surface area contributed by atoms with Crippen LogP contribution >= 0.6 is 0 Å². The fraction of sp³-hybridized carbons (Fsp3) is 0.429. The molecule has 5 heterocycles. The summed E-state index contributed by atoms with van der Waals surface area (Å²) in [6, 6.07) is 11.6. The number of hydrogen-bond acceptors (Lipinski definition) is 5. The molecule has 1 fully saturated rings. The predicted molar refractivity (Wildman–Crippen MR) is 171 cm³/mol. The maximum absolute atomic E-state index is 15.3. The number of fused-ring (bicyclic) bond motifs is 3. The Hall–Kier alpha value is -3.91. The highest BCUT2D eigenvalue weighted by Crippen LogP contribution is 2.37. The minimum Gasteiger partial charge on any atom is -0.364 e. The van der Waals surface area contributed by atoms with Gasteiger partial charge in [0.15, 0.2) is 0 Å². The number of anilines is 3. The second kappa shape index (κ2) is 11.3. The van der Waals surface area contributed by atoms with E-state index in [1.807, 2.05) is 24.5 Å². The van der Waals surface area contributed by atoms with Crippen molar-refractivity contribution < 1.29 is 4.39 Å². The zero-order chi connectivity index (χ0) is 29.7. The van der Waals surface area contributed by atoms with Crippen LogP contribution in [0, 0.1) is 5.82 Å². The summed E-state index contributed by atoms with van der Waals surface area (Å²) in [6.07, 6.45) is 9.35. The third kappa shape index (κ3) is 5.16. The number of aromatic nitrogens is 3. The minimum atomic E-state index is -0.263. The maximum atomic E-state index is 15.3. The number of likely N-dealkylation sites (N-methyl/N-ethyl adjacent to an activating group) is 1. The fourth-order valence-electron chi connectivity index (χ4n) is 7.32. The van der Waals surface area contributed by atoms with E-state index in [2.05, 4.69) is 50.6 Å². The number of nitrogens with zero attached hydrogens (tertiary/aromatic N) is 5. The Morgan fingerprint density at radius 2 is 1.88 bits per heavy atom. The lowest BCUT2D eigenvalue weighted by Crippen LogP contribution is -2.44. The van der Waals surface area contributed by atoms with Crippen LogP contribution in [-0.2, 0) is 39.4 Å². The smallest absolute Gasteiger partial charge is 0.274 e. The number of hydrogen-bond donors (Lipinski definition) is 1. The summed E-state index contributed by atoms with van der Waals surface area (Å²) in [5, 5.41) is 3.25. The molecule has 0 unspecified atom stereocenters. The van der Waals surface area contributed by atoms with Crippen LogP contribution in [0.3, 0.4) is 0 Å². The molecule has 1 aliphatic carbocycles. The van der Waals surface area contributed by atoms with Gasteiger partial charge in [0.2, 0.25) is 0 Å². The van der Waals surface area contributed by atoms with Crippen molar-refractivity contribution in [2.45, 2.75) is 65.0 Å². The van der Waals surface area contributed by atoms with Crippen LogP contribution in [0.4, 0.5) is 21.6 Å². The number of pyridine rings is 2. The monoisotopic (exact) mass is 580 g/mol. The second-order valence-corrected chi connectivity index (χ2v) is 12.4. The van der Waals surface area contributed by atoms with Gasteiger partial charge in [0.25, 0.3) is 5.56 Å². The summed E-state index contributed by atoms with van der Waals surface area (Å²) < 4.78 is 19.4. The molecular weight excluding hydrogens is 539 g/mol. The van der Waals surface area contributed by atoms with Crippen molar-refractivity contribution in [1.82, 2.24) is 19.0 Å². The van der Waals surface area contributed by atoms with Crippen molar-refractivity contribution >= 4 is 17.2 Å². The lowest BCUT2D eigenvalue weighted by molar-refractivity contribution is 0.157. The van der Waals surface area contributed by atoms with Crippen molar-refractivity contribution in [3.8, 4) is 11.1 Å². The zero-order valence-electron chi connectivity index (χ0n) is 25.5. The molecule has 0 atom stereocenters. The molecule has 0 spiro atoms. The summed E-state index contributed by atoms with van der Waals surface area (Å²) >= 11 is 0. The highest BCUT2D eigenvalue weighted by molar-refractivity contribution is 5.77. The third-order valence-electron chi connectivity index (χ3n) is 9.74. The number of aryl methyl sites for hydroxylation is 2. The van der Waals surface area contributed by atoms with Gasteiger partial charge in [-0.25, -0.2) is 9.37 Å². The normalized spacial score (nSPS) is 17.0. The van der Waals surface area contributed by atoms with Crippen LogP contribution in [0.25, 0.3) is 11.1 Å². The predicted octanol–water partition coefficient (Wildman–Crippen LogP) is 6.01. The number of benzene rings is 1. The zero-order valence-corrected chi connectivity index (χ0v) is 25.5. The first-order valence-corrected chi connectivity index (χ1v) is 15.9. The number of rotatable bonds is 7. The average Bonchev–Trinajstić information content (AvgIpc) is 3.37. The van der Waals surface area contributed by atoms with Crippen LogP contribution < -0.4 is 15.8 Å². The van der Waals surface area contributed by atoms with Gasteiger partial charge in [-0.3, -0.25) is 4.79 Å². The highest BCUT2D eigenvalue weighted by Gasteiger charge is 2.27. The summed E-state index contributed by atoms with van der Waals surface area (Å²) in [6.45, 7) is 10.1. The van der Waals surface area contributed by atoms with Gasteiger partial charge in [-0.05, 0) is 91.2 Å². The van der Waals surface area contributed by atoms with Crippen LogP contribution in [0.5, 0.6) is 0 Å². The van der Waals surface area contributed by atoms with Crippen molar-refractivity contribution in [2.75, 3.05) is 36.4 Å². The number of halogens is 1. The summed E-state index contributed by atoms with van der Waals surface area (Å²) in [4.78, 5) is 22.5. The van der Waals surface area contributed by atoms with Gasteiger partial charge in [0.1, 0.15) is 17.3 Å². The summed E-state index contributed by atoms with van der Waals surface area (Å²) in [5.74, 6) is 0.877. The first kappa shape index (κ1) is 27.9. The molecule has 4 aromatic rings. The van der Waals surface area contributed by atoms with Gasteiger partial charge in [-0.2, -0.15) is 0 Å². The lowest BCUT2D eigenvalue weighted by atomic mass is 9.93. The molecular formula is C35H41FN6O. The molecule has 7 nitrogen and oxygen atoms in total. The Morgan fingerprint density at radius 3 is 2.65 bits per heavy atom. The molecule has 7 rings (SSSR count). The fourth-order valence-corrected chi connectivity index (χ4v) is 7.32. The molecule has 1 aromatic carbocycles. The molecule has 0 saturated carbocycles. The Morgan fingerprint density at radius 1 is 1.05 bits per heavy atom. The van der Waals surface area contributed by atoms with E-state index in [9.17, 15) is 4.79 Å². The van der Waals surface area contributed by atoms with Crippen LogP contribution in [0.15, 0.2) is 53.6 Å². The molecule has 3 aromatic heterocycles. The van der Waals surface area contributed by atoms with Gasteiger partial charge in [0.05, 0.1) is 6.54 Å². The van der Waals surface area contributed by atoms with E-state index in [0.717, 1.165) is 68.1 Å². The van der Waals surface area contributed by atoms with Gasteiger partial charge in [-0.15, -0.1) is 0 Å². The largest absolute Gasteiger partial charge is 0.364 e. The van der Waals surface area contributed by atoms with Gasteiger partial charge < -0.3 is 24.3 Å². The molecule has 0 amide bonds. The molecule has 43 heavy (non-hydrogen) atoms. The molecule has 2 aliphatic heterocycles. The van der Waals surface area contributed by atoms with Crippen molar-refractivity contribution in [3.63, 3.8) is 0 Å². The Bertz CT molecular complexity index is 1720. The standard InChI is InChI=1S/C35H41FN6O/c1-4-29-30(16-27(36)17-33(29)41-12-13-42-28(22-41)14-23-8-6-7-9-32(23)42)25-15-31(35(43)39(3)19-25)38-34-11-10-24(18-37-34)26-20-40(5-2)21-26/h10-11,14-19,26H,4-9,12-13,20-22H2,1-3H3,(H,37,38). The third-order valence-corrected chi connectivity index (χ3v) is 9.74. The molecule has 224 valence electrons. The van der Waals surface area contributed by atoms with E-state index < -0.39 is 0 Å². The van der Waals surface area contributed by atoms with E-state index in [-0.39, 0.29) is 11.4 Å². The van der Waals surface area contributed by atoms with Crippen LogP contribution in [0.1, 0.15) is 60.7 Å². The first-order chi connectivity index (χ1) is 20.9. The van der Waals surface area contributed by atoms with Crippen molar-refractivity contribution in [3.05, 3.63) is 93.0 Å². The van der Waals surface area contributed by atoms with Crippen molar-refractivity contribution in [1.29, 1.82) is 0 Å². The van der Waals surface area contributed by atoms with Gasteiger partial charge in [-0.1, -0.05) is 19.9 Å². The van der Waals surface area contributed by atoms with Gasteiger partial charge in [0, 0.05) is 74.2 Å². The number of nitrogens with one attached hydrogen (secondary N) is 1. The molecule has 3 aliphatic rings. The Labute approximate surface area is 253 Å². The first-order valence-electron chi connectivity index (χ1n) is 15.9. The minimum absolute atomic E-state index is 0.150. The number of likely N-dealkylation sites (tertiary alicyclic amines) is 1. The van der Waals surface area contributed by atoms with E-state index in [1.54, 1.807) is 23.7 Å². The Balaban J connectivity index is 1.18. The van der Waals surface area contributed by atoms with E-state index in [0.29, 0.717) is 17.4 Å². The molecule has 0 bridgehead atoms. The highest BCUT2D eigenvalue weighted by atomic mass is 19.1. The second-order valence-electron chi connectivity index (χ2n) is 12.4. The summed E-state index contributed by atoms with van der Waals surface area (Å²) in [7, 11) is 1.75. The van der Waals surface area contributed by atoms with E-state index in [4.69, 9.17) is 0 Å². The quantitative estimate of drug-likeness (QED) is 0.290. The van der Waals surface area contributed by atoms with Crippen LogP contribution in [0.2, 0.25) is 0 Å². The van der Waals surface area contributed by atoms with Crippen LogP contribution in [-0.4, -0.2) is 45.2 Å². The summed E-state index contributed by atoms with van der Waals surface area (Å²) in [5.41, 5.74) is 9.52. The molecule has 1 saturated heterocycles. The Kier molecular flexibility index (Phi) is 7.33. The lowest BCUT2D eigenvalue weighted by Gasteiger charge is -2.38. The topological polar surface area (TPSA) is 58.3 Å².